The molecular weight excluding hydrogens is 318 g/mol. The lowest BCUT2D eigenvalue weighted by Gasteiger charge is -2.12. The van der Waals surface area contributed by atoms with Crippen LogP contribution in [0.15, 0.2) is 36.4 Å². The number of hydrazine groups is 1. The van der Waals surface area contributed by atoms with Crippen molar-refractivity contribution in [3.05, 3.63) is 59.2 Å². The predicted molar refractivity (Wildman–Crippen MR) is 86.8 cm³/mol. The Labute approximate surface area is 137 Å². The van der Waals surface area contributed by atoms with E-state index in [9.17, 15) is 18.4 Å². The van der Waals surface area contributed by atoms with E-state index in [0.717, 1.165) is 12.1 Å². The number of benzene rings is 2. The standard InChI is InChI=1S/C16H16F2N4O2/c1-19-15(23)11-5-3-9(7-13(11)17)21-22-10-4-6-12(14(18)8-10)16(24)20-2/h3-8,21-22H,1-2H3,(H,19,23)(H,20,24). The van der Waals surface area contributed by atoms with Gasteiger partial charge in [-0.15, -0.1) is 0 Å². The van der Waals surface area contributed by atoms with Crippen molar-refractivity contribution in [3.8, 4) is 0 Å². The fourth-order valence-corrected chi connectivity index (χ4v) is 1.97. The number of hydrogen-bond acceptors (Lipinski definition) is 4. The zero-order valence-electron chi connectivity index (χ0n) is 13.0. The highest BCUT2D eigenvalue weighted by molar-refractivity contribution is 5.95. The van der Waals surface area contributed by atoms with E-state index in [2.05, 4.69) is 21.5 Å². The third-order valence-corrected chi connectivity index (χ3v) is 3.23. The number of nitrogens with one attached hydrogen (secondary N) is 4. The molecule has 2 amide bonds. The van der Waals surface area contributed by atoms with Crippen molar-refractivity contribution in [2.75, 3.05) is 24.9 Å². The summed E-state index contributed by atoms with van der Waals surface area (Å²) in [6.07, 6.45) is 0. The van der Waals surface area contributed by atoms with E-state index in [0.29, 0.717) is 11.4 Å². The first-order valence-corrected chi connectivity index (χ1v) is 7.01. The van der Waals surface area contributed by atoms with Crippen molar-refractivity contribution in [3.63, 3.8) is 0 Å². The first kappa shape index (κ1) is 17.2. The maximum Gasteiger partial charge on any atom is 0.253 e. The molecule has 24 heavy (non-hydrogen) atoms. The molecule has 2 aromatic carbocycles. The molecule has 4 N–H and O–H groups in total. The first-order valence-electron chi connectivity index (χ1n) is 7.01. The second-order valence-electron chi connectivity index (χ2n) is 4.80. The Kier molecular flexibility index (Phi) is 5.31. The van der Waals surface area contributed by atoms with Gasteiger partial charge >= 0.3 is 0 Å². The summed E-state index contributed by atoms with van der Waals surface area (Å²) in [6, 6.07) is 7.91. The van der Waals surface area contributed by atoms with Gasteiger partial charge in [0.05, 0.1) is 22.5 Å². The van der Waals surface area contributed by atoms with Crippen molar-refractivity contribution in [1.29, 1.82) is 0 Å². The van der Waals surface area contributed by atoms with Gasteiger partial charge in [-0.2, -0.15) is 0 Å². The van der Waals surface area contributed by atoms with Gasteiger partial charge in [0.1, 0.15) is 11.6 Å². The molecule has 0 spiro atoms. The molecule has 0 atom stereocenters. The second kappa shape index (κ2) is 7.40. The largest absolute Gasteiger partial charge is 0.355 e. The summed E-state index contributed by atoms with van der Waals surface area (Å²) < 4.78 is 27.7. The van der Waals surface area contributed by atoms with Gasteiger partial charge in [0.25, 0.3) is 11.8 Å². The van der Waals surface area contributed by atoms with Crippen molar-refractivity contribution in [1.82, 2.24) is 10.6 Å². The molecule has 0 radical (unpaired) electrons. The van der Waals surface area contributed by atoms with Crippen LogP contribution in [-0.4, -0.2) is 25.9 Å². The molecule has 0 aliphatic heterocycles. The SMILES string of the molecule is CNC(=O)c1ccc(NNc2ccc(C(=O)NC)c(F)c2)cc1F. The molecule has 0 aliphatic rings. The number of hydrogen-bond donors (Lipinski definition) is 4. The lowest BCUT2D eigenvalue weighted by Crippen LogP contribution is -2.20. The van der Waals surface area contributed by atoms with Crippen LogP contribution < -0.4 is 21.5 Å². The number of amides is 2. The highest BCUT2D eigenvalue weighted by atomic mass is 19.1. The summed E-state index contributed by atoms with van der Waals surface area (Å²) in [6.45, 7) is 0. The summed E-state index contributed by atoms with van der Waals surface area (Å²) in [5.74, 6) is -2.44. The fourth-order valence-electron chi connectivity index (χ4n) is 1.97. The van der Waals surface area contributed by atoms with E-state index in [1.807, 2.05) is 0 Å². The van der Waals surface area contributed by atoms with E-state index in [1.54, 1.807) is 0 Å². The molecule has 8 heteroatoms. The van der Waals surface area contributed by atoms with Gasteiger partial charge in [0, 0.05) is 14.1 Å². The minimum absolute atomic E-state index is 0.0796. The van der Waals surface area contributed by atoms with Crippen LogP contribution in [0.2, 0.25) is 0 Å². The summed E-state index contributed by atoms with van der Waals surface area (Å²) in [4.78, 5) is 22.8. The van der Waals surface area contributed by atoms with E-state index >= 15 is 0 Å². The topological polar surface area (TPSA) is 82.3 Å². The fraction of sp³-hybridized carbons (Fsp3) is 0.125. The molecule has 6 nitrogen and oxygen atoms in total. The van der Waals surface area contributed by atoms with Crippen LogP contribution in [0.25, 0.3) is 0 Å². The Hall–Kier alpha value is -3.16. The van der Waals surface area contributed by atoms with Crippen molar-refractivity contribution < 1.29 is 18.4 Å². The molecule has 0 heterocycles. The Morgan fingerprint density at radius 3 is 1.42 bits per heavy atom. The molecule has 126 valence electrons. The predicted octanol–water partition coefficient (Wildman–Crippen LogP) is 2.12. The highest BCUT2D eigenvalue weighted by Gasteiger charge is 2.12. The van der Waals surface area contributed by atoms with Crippen LogP contribution in [0.3, 0.4) is 0 Å². The van der Waals surface area contributed by atoms with Crippen molar-refractivity contribution in [2.24, 2.45) is 0 Å². The molecule has 0 aromatic heterocycles. The van der Waals surface area contributed by atoms with Crippen LogP contribution in [0.1, 0.15) is 20.7 Å². The van der Waals surface area contributed by atoms with E-state index in [4.69, 9.17) is 0 Å². The molecule has 0 unspecified atom stereocenters. The average molecular weight is 334 g/mol. The maximum absolute atomic E-state index is 13.8. The minimum atomic E-state index is -0.692. The van der Waals surface area contributed by atoms with Crippen LogP contribution in [0.4, 0.5) is 20.2 Å². The van der Waals surface area contributed by atoms with Crippen LogP contribution in [-0.2, 0) is 0 Å². The summed E-state index contributed by atoms with van der Waals surface area (Å²) in [7, 11) is 2.82. The Morgan fingerprint density at radius 1 is 0.750 bits per heavy atom. The highest BCUT2D eigenvalue weighted by Crippen LogP contribution is 2.17. The summed E-state index contributed by atoms with van der Waals surface area (Å²) in [5, 5.41) is 4.67. The Balaban J connectivity index is 2.08. The average Bonchev–Trinajstić information content (AvgIpc) is 2.58. The molecule has 0 aliphatic carbocycles. The number of carbonyl (C=O) groups excluding carboxylic acids is 2. The quantitative estimate of drug-likeness (QED) is 0.631. The van der Waals surface area contributed by atoms with Crippen LogP contribution in [0, 0.1) is 11.6 Å². The second-order valence-corrected chi connectivity index (χ2v) is 4.80. The third-order valence-electron chi connectivity index (χ3n) is 3.23. The van der Waals surface area contributed by atoms with Gasteiger partial charge in [-0.1, -0.05) is 0 Å². The normalized spacial score (nSPS) is 10.0. The maximum atomic E-state index is 13.8. The zero-order valence-corrected chi connectivity index (χ0v) is 13.0. The van der Waals surface area contributed by atoms with Gasteiger partial charge < -0.3 is 21.5 Å². The lowest BCUT2D eigenvalue weighted by molar-refractivity contribution is 0.0950. The molecule has 0 fully saturated rings. The number of anilines is 2. The first-order chi connectivity index (χ1) is 11.5. The van der Waals surface area contributed by atoms with E-state index in [1.165, 1.54) is 38.4 Å². The van der Waals surface area contributed by atoms with E-state index < -0.39 is 23.4 Å². The van der Waals surface area contributed by atoms with Gasteiger partial charge in [-0.25, -0.2) is 8.78 Å². The molecular formula is C16H16F2N4O2. The lowest BCUT2D eigenvalue weighted by atomic mass is 10.1. The van der Waals surface area contributed by atoms with Crippen molar-refractivity contribution in [2.45, 2.75) is 0 Å². The summed E-state index contributed by atoms with van der Waals surface area (Å²) in [5.41, 5.74) is 5.90. The molecule has 2 rings (SSSR count). The van der Waals surface area contributed by atoms with Gasteiger partial charge in [0.2, 0.25) is 0 Å². The van der Waals surface area contributed by atoms with Gasteiger partial charge in [-0.05, 0) is 36.4 Å². The summed E-state index contributed by atoms with van der Waals surface area (Å²) >= 11 is 0. The molecule has 0 bridgehead atoms. The van der Waals surface area contributed by atoms with E-state index in [-0.39, 0.29) is 11.1 Å². The Morgan fingerprint density at radius 2 is 1.12 bits per heavy atom. The molecule has 0 saturated heterocycles. The van der Waals surface area contributed by atoms with Crippen LogP contribution >= 0.6 is 0 Å². The molecule has 0 saturated carbocycles. The number of halogens is 2. The smallest absolute Gasteiger partial charge is 0.253 e. The molecule has 2 aromatic rings. The Bertz CT molecular complexity index is 715. The number of carbonyl (C=O) groups is 2. The van der Waals surface area contributed by atoms with Gasteiger partial charge in [-0.3, -0.25) is 9.59 Å². The monoisotopic (exact) mass is 334 g/mol. The zero-order chi connectivity index (χ0) is 17.7. The minimum Gasteiger partial charge on any atom is -0.355 e. The van der Waals surface area contributed by atoms with Crippen molar-refractivity contribution >= 4 is 23.2 Å². The van der Waals surface area contributed by atoms with Crippen LogP contribution in [0.5, 0.6) is 0 Å². The number of rotatable bonds is 5. The third kappa shape index (κ3) is 3.78. The van der Waals surface area contributed by atoms with Gasteiger partial charge in [0.15, 0.2) is 0 Å².